The number of hydrogen-bond acceptors (Lipinski definition) is 6. The van der Waals surface area contributed by atoms with Crippen LogP contribution in [0.3, 0.4) is 0 Å². The van der Waals surface area contributed by atoms with Crippen LogP contribution in [0.5, 0.6) is 5.75 Å². The number of aliphatic hydroxyl groups is 1. The average molecular weight is 556 g/mol. The standard InChI is InChI=1S/C26H27NO4S.C5H11NO.3H2/c1-31-23-12-10-21(11-13-23)26(16-3-2-4-17-26)25(28)27-22-7-5-6-20(18-22)19-8-14-24(15-9-19)32(29)30;7-4-5-2-1-3-6-5;;;/h5-15,18H,2-4,16-17H2,1H3,(H,27,28)(H,29,30);5-7H,1-4H2;3*1H/p-1/t;5-;;;/m.1.../s1. The molecule has 5 rings (SSSR count). The number of ether oxygens (including phenoxy) is 1. The number of amides is 1. The van der Waals surface area contributed by atoms with E-state index >= 15 is 0 Å². The van der Waals surface area contributed by atoms with Crippen LogP contribution in [0, 0.1) is 0 Å². The molecule has 1 amide bonds. The van der Waals surface area contributed by atoms with Crippen LogP contribution in [-0.2, 0) is 21.3 Å². The Labute approximate surface area is 237 Å². The van der Waals surface area contributed by atoms with Gasteiger partial charge in [0.1, 0.15) is 5.75 Å². The van der Waals surface area contributed by atoms with Crippen molar-refractivity contribution in [2.75, 3.05) is 25.6 Å². The van der Waals surface area contributed by atoms with Gasteiger partial charge in [-0.05, 0) is 96.4 Å². The van der Waals surface area contributed by atoms with Gasteiger partial charge >= 0.3 is 0 Å². The molecule has 2 atom stereocenters. The topological polar surface area (TPSA) is 111 Å². The molecule has 7 nitrogen and oxygen atoms in total. The lowest BCUT2D eigenvalue weighted by Gasteiger charge is -2.36. The number of aliphatic hydroxyl groups excluding tert-OH is 1. The summed E-state index contributed by atoms with van der Waals surface area (Å²) in [6, 6.07) is 22.6. The third kappa shape index (κ3) is 7.33. The number of carbonyl (C=O) groups excluding carboxylic acids is 1. The highest BCUT2D eigenvalue weighted by Gasteiger charge is 2.41. The minimum absolute atomic E-state index is 0. The Bertz CT molecular complexity index is 1250. The fourth-order valence-corrected chi connectivity index (χ4v) is 5.77. The van der Waals surface area contributed by atoms with E-state index in [1.807, 2.05) is 48.5 Å². The predicted octanol–water partition coefficient (Wildman–Crippen LogP) is 5.91. The highest BCUT2D eigenvalue weighted by Crippen LogP contribution is 2.41. The molecule has 1 saturated carbocycles. The summed E-state index contributed by atoms with van der Waals surface area (Å²) in [5, 5.41) is 14.8. The fraction of sp³-hybridized carbons (Fsp3) is 0.387. The van der Waals surface area contributed by atoms with Gasteiger partial charge in [-0.15, -0.1) is 0 Å². The summed E-state index contributed by atoms with van der Waals surface area (Å²) in [5.41, 5.74) is 2.99. The molecule has 3 aromatic rings. The largest absolute Gasteiger partial charge is 0.768 e. The van der Waals surface area contributed by atoms with Crippen LogP contribution in [-0.4, -0.2) is 46.1 Å². The number of methoxy groups -OCH3 is 1. The number of rotatable bonds is 7. The molecule has 1 aliphatic heterocycles. The zero-order chi connectivity index (χ0) is 27.7. The predicted molar refractivity (Wildman–Crippen MR) is 160 cm³/mol. The molecule has 214 valence electrons. The molecule has 1 saturated heterocycles. The molecule has 0 radical (unpaired) electrons. The molecule has 1 heterocycles. The quantitative estimate of drug-likeness (QED) is 0.313. The monoisotopic (exact) mass is 555 g/mol. The van der Waals surface area contributed by atoms with Crippen molar-refractivity contribution in [1.29, 1.82) is 0 Å². The first-order chi connectivity index (χ1) is 18.9. The minimum atomic E-state index is -2.25. The molecule has 3 N–H and O–H groups in total. The lowest BCUT2D eigenvalue weighted by Crippen LogP contribution is -2.42. The van der Waals surface area contributed by atoms with Gasteiger partial charge < -0.3 is 25.0 Å². The Kier molecular flexibility index (Phi) is 10.3. The number of benzene rings is 3. The second kappa shape index (κ2) is 13.8. The molecular formula is C31H43N2O5S-. The van der Waals surface area contributed by atoms with Crippen molar-refractivity contribution >= 4 is 22.7 Å². The Morgan fingerprint density at radius 2 is 1.77 bits per heavy atom. The summed E-state index contributed by atoms with van der Waals surface area (Å²) in [6.07, 6.45) is 7.20. The van der Waals surface area contributed by atoms with Gasteiger partial charge in [-0.25, -0.2) is 0 Å². The molecule has 39 heavy (non-hydrogen) atoms. The van der Waals surface area contributed by atoms with E-state index < -0.39 is 16.5 Å². The Balaban J connectivity index is 0.000000777. The normalized spacial score (nSPS) is 18.9. The zero-order valence-corrected chi connectivity index (χ0v) is 23.2. The second-order valence-electron chi connectivity index (χ2n) is 10.1. The Hall–Kier alpha value is -3.04. The summed E-state index contributed by atoms with van der Waals surface area (Å²) >= 11 is -2.25. The summed E-state index contributed by atoms with van der Waals surface area (Å²) in [4.78, 5) is 13.8. The third-order valence-electron chi connectivity index (χ3n) is 7.67. The summed E-state index contributed by atoms with van der Waals surface area (Å²) in [7, 11) is 1.64. The van der Waals surface area contributed by atoms with Crippen LogP contribution in [0.25, 0.3) is 11.1 Å². The molecule has 1 aliphatic carbocycles. The molecule has 0 spiro atoms. The van der Waals surface area contributed by atoms with Gasteiger partial charge in [0.2, 0.25) is 5.91 Å². The van der Waals surface area contributed by atoms with E-state index in [4.69, 9.17) is 9.84 Å². The fourth-order valence-electron chi connectivity index (χ4n) is 5.41. The maximum atomic E-state index is 13.6. The van der Waals surface area contributed by atoms with E-state index in [2.05, 4.69) is 10.6 Å². The van der Waals surface area contributed by atoms with E-state index in [0.29, 0.717) is 12.6 Å². The van der Waals surface area contributed by atoms with E-state index in [1.54, 1.807) is 31.4 Å². The summed E-state index contributed by atoms with van der Waals surface area (Å²) in [6.45, 7) is 1.39. The van der Waals surface area contributed by atoms with Crippen molar-refractivity contribution in [2.45, 2.75) is 61.3 Å². The highest BCUT2D eigenvalue weighted by molar-refractivity contribution is 7.79. The van der Waals surface area contributed by atoms with Crippen molar-refractivity contribution in [3.05, 3.63) is 78.4 Å². The van der Waals surface area contributed by atoms with Crippen molar-refractivity contribution in [3.63, 3.8) is 0 Å². The zero-order valence-electron chi connectivity index (χ0n) is 22.4. The molecule has 1 unspecified atom stereocenters. The number of anilines is 1. The Morgan fingerprint density at radius 1 is 1.05 bits per heavy atom. The summed E-state index contributed by atoms with van der Waals surface area (Å²) < 4.78 is 27.5. The molecule has 2 fully saturated rings. The van der Waals surface area contributed by atoms with Crippen LogP contribution in [0.1, 0.15) is 54.8 Å². The highest BCUT2D eigenvalue weighted by atomic mass is 32.2. The number of carbonyl (C=O) groups is 1. The summed E-state index contributed by atoms with van der Waals surface area (Å²) in [5.74, 6) is 0.788. The van der Waals surface area contributed by atoms with Crippen LogP contribution in [0.15, 0.2) is 77.7 Å². The van der Waals surface area contributed by atoms with Crippen LogP contribution in [0.2, 0.25) is 0 Å². The van der Waals surface area contributed by atoms with Gasteiger partial charge in [0.25, 0.3) is 0 Å². The maximum Gasteiger partial charge on any atom is 0.235 e. The van der Waals surface area contributed by atoms with E-state index in [9.17, 15) is 13.6 Å². The minimum Gasteiger partial charge on any atom is -0.768 e. The average Bonchev–Trinajstić information content (AvgIpc) is 3.52. The molecule has 2 aliphatic rings. The van der Waals surface area contributed by atoms with Crippen LogP contribution in [0.4, 0.5) is 5.69 Å². The SMILES string of the molecule is COc1ccc(C2(C(=O)Nc3cccc(-c4ccc(S(=O)[O-])cc4)c3)CCCCC2)cc1.OC[C@H]1CCCN1.[HH].[HH].[HH]. The number of nitrogens with one attached hydrogen (secondary N) is 2. The van der Waals surface area contributed by atoms with E-state index in [-0.39, 0.29) is 15.1 Å². The van der Waals surface area contributed by atoms with Crippen molar-refractivity contribution < 1.29 is 27.7 Å². The van der Waals surface area contributed by atoms with E-state index in [0.717, 1.165) is 73.2 Å². The van der Waals surface area contributed by atoms with Gasteiger partial charge in [-0.3, -0.25) is 9.00 Å². The second-order valence-corrected chi connectivity index (χ2v) is 11.1. The molecule has 0 bridgehead atoms. The van der Waals surface area contributed by atoms with Gasteiger partial charge in [0.15, 0.2) is 0 Å². The molecule has 3 aromatic carbocycles. The Morgan fingerprint density at radius 3 is 2.33 bits per heavy atom. The van der Waals surface area contributed by atoms with Crippen molar-refractivity contribution in [1.82, 2.24) is 5.32 Å². The third-order valence-corrected chi connectivity index (χ3v) is 8.32. The van der Waals surface area contributed by atoms with Crippen LogP contribution >= 0.6 is 0 Å². The maximum absolute atomic E-state index is 13.6. The number of hydrogen-bond donors (Lipinski definition) is 3. The molecule has 8 heteroatoms. The van der Waals surface area contributed by atoms with Gasteiger partial charge in [-0.1, -0.05) is 55.7 Å². The lowest BCUT2D eigenvalue weighted by molar-refractivity contribution is -0.122. The molecule has 0 aromatic heterocycles. The molecular weight excluding hydrogens is 512 g/mol. The first-order valence-electron chi connectivity index (χ1n) is 13.6. The van der Waals surface area contributed by atoms with Crippen LogP contribution < -0.4 is 15.4 Å². The van der Waals surface area contributed by atoms with Crippen molar-refractivity contribution in [3.8, 4) is 16.9 Å². The van der Waals surface area contributed by atoms with Crippen molar-refractivity contribution in [2.24, 2.45) is 0 Å². The van der Waals surface area contributed by atoms with E-state index in [1.165, 1.54) is 6.42 Å². The van der Waals surface area contributed by atoms with Gasteiger partial charge in [0, 0.05) is 20.9 Å². The van der Waals surface area contributed by atoms with Gasteiger partial charge in [-0.2, -0.15) is 0 Å². The first kappa shape index (κ1) is 29.0. The lowest BCUT2D eigenvalue weighted by atomic mass is 9.68. The smallest absolute Gasteiger partial charge is 0.235 e. The first-order valence-corrected chi connectivity index (χ1v) is 14.6. The van der Waals surface area contributed by atoms with Gasteiger partial charge in [0.05, 0.1) is 19.1 Å².